The number of hydrogen-bond acceptors (Lipinski definition) is 12. The normalized spacial score (nSPS) is 25.6. The number of pyridine rings is 1. The highest BCUT2D eigenvalue weighted by Gasteiger charge is 2.61. The van der Waals surface area contributed by atoms with E-state index in [-0.39, 0.29) is 54.8 Å². The molecule has 318 valence electrons. The Morgan fingerprint density at radius 1 is 1.08 bits per heavy atom. The van der Waals surface area contributed by atoms with E-state index in [2.05, 4.69) is 29.8 Å². The monoisotopic (exact) mass is 851 g/mol. The molecule has 3 fully saturated rings. The van der Waals surface area contributed by atoms with Gasteiger partial charge in [0.25, 0.3) is 0 Å². The van der Waals surface area contributed by atoms with Crippen LogP contribution >= 0.6 is 22.9 Å². The van der Waals surface area contributed by atoms with Gasteiger partial charge in [-0.1, -0.05) is 59.6 Å². The highest BCUT2D eigenvalue weighted by Crippen LogP contribution is 2.47. The molecule has 2 aromatic heterocycles. The maximum atomic E-state index is 14.7. The number of nitriles is 1. The van der Waals surface area contributed by atoms with Crippen molar-refractivity contribution in [3.05, 3.63) is 28.6 Å². The number of thiazole rings is 1. The zero-order valence-corrected chi connectivity index (χ0v) is 36.3. The quantitative estimate of drug-likeness (QED) is 0.129. The van der Waals surface area contributed by atoms with Crippen molar-refractivity contribution in [2.24, 2.45) is 23.2 Å². The summed E-state index contributed by atoms with van der Waals surface area (Å²) in [5.74, 6) is -1.16. The molecule has 4 unspecified atom stereocenters. The number of nitrogens with one attached hydrogen (secondary N) is 3. The molecule has 3 aromatic rings. The molecule has 59 heavy (non-hydrogen) atoms. The number of nitrogens with zero attached hydrogens (tertiary/aromatic N) is 4. The van der Waals surface area contributed by atoms with Crippen molar-refractivity contribution >= 4 is 62.8 Å². The molecule has 0 radical (unpaired) electrons. The van der Waals surface area contributed by atoms with E-state index in [1.807, 2.05) is 53.0 Å². The molecule has 1 saturated heterocycles. The molecule has 3 aliphatic rings. The van der Waals surface area contributed by atoms with Gasteiger partial charge in [-0.15, -0.1) is 11.3 Å². The highest BCUT2D eigenvalue weighted by molar-refractivity contribution is 7.14. The largest absolute Gasteiger partial charge is 0.488 e. The second-order valence-corrected chi connectivity index (χ2v) is 18.8. The predicted octanol–water partition coefficient (Wildman–Crippen LogP) is 7.03. The number of carbonyl (C=O) groups excluding carboxylic acids is 3. The third kappa shape index (κ3) is 9.46. The van der Waals surface area contributed by atoms with Gasteiger partial charge >= 0.3 is 12.1 Å². The van der Waals surface area contributed by atoms with Crippen molar-refractivity contribution in [1.82, 2.24) is 25.5 Å². The first-order valence-corrected chi connectivity index (χ1v) is 21.5. The number of amides is 3. The number of aliphatic carboxylic acids is 1. The fraction of sp³-hybridized carbons (Fsp3) is 0.595. The maximum Gasteiger partial charge on any atom is 0.408 e. The highest BCUT2D eigenvalue weighted by atomic mass is 35.5. The summed E-state index contributed by atoms with van der Waals surface area (Å²) < 4.78 is 18.1. The maximum absolute atomic E-state index is 14.7. The number of carbonyl (C=O) groups is 4. The first kappa shape index (κ1) is 43.7. The average molecular weight is 852 g/mol. The van der Waals surface area contributed by atoms with Gasteiger partial charge in [0, 0.05) is 29.3 Å². The number of benzene rings is 1. The molecule has 0 spiro atoms. The summed E-state index contributed by atoms with van der Waals surface area (Å²) in [4.78, 5) is 65.8. The smallest absolute Gasteiger partial charge is 0.408 e. The van der Waals surface area contributed by atoms with Crippen LogP contribution in [0.15, 0.2) is 23.6 Å². The molecule has 3 amide bonds. The summed E-state index contributed by atoms with van der Waals surface area (Å²) in [5.41, 5.74) is -0.940. The number of anilines is 1. The SMILES string of the molecule is CC[C@@H]1CC1(NC(=O)[C@@H]1C[C@H](Oc2cc(-c3csc(NC(C)C)n3)nc3c(Cl)c(OCC#N)ccc23)CN1C(=O)C(NC(=O)OC1CC(C)[C@@H](C)C1)C(C)(C)C)C(=O)O. The predicted molar refractivity (Wildman–Crippen MR) is 223 cm³/mol. The lowest BCUT2D eigenvalue weighted by molar-refractivity contribution is -0.146. The van der Waals surface area contributed by atoms with Crippen LogP contribution in [0.25, 0.3) is 22.3 Å². The van der Waals surface area contributed by atoms with Crippen LogP contribution < -0.4 is 25.4 Å². The van der Waals surface area contributed by atoms with Crippen molar-refractivity contribution in [3.63, 3.8) is 0 Å². The minimum Gasteiger partial charge on any atom is -0.488 e. The van der Waals surface area contributed by atoms with Crippen LogP contribution in [-0.4, -0.2) is 92.9 Å². The number of alkyl carbamates (subject to hydrolysis) is 1. The van der Waals surface area contributed by atoms with E-state index in [9.17, 15) is 24.3 Å². The Morgan fingerprint density at radius 2 is 1.80 bits per heavy atom. The van der Waals surface area contributed by atoms with Gasteiger partial charge in [0.05, 0.1) is 17.8 Å². The third-order valence-electron chi connectivity index (χ3n) is 11.7. The molecular formula is C42H54ClN7O8S. The Kier molecular flexibility index (Phi) is 12.9. The van der Waals surface area contributed by atoms with Gasteiger partial charge in [0.2, 0.25) is 11.8 Å². The Hall–Kier alpha value is -4.88. The first-order chi connectivity index (χ1) is 27.8. The Bertz CT molecular complexity index is 2120. The number of halogens is 1. The van der Waals surface area contributed by atoms with Gasteiger partial charge in [0.15, 0.2) is 11.7 Å². The van der Waals surface area contributed by atoms with Crippen molar-refractivity contribution < 1.29 is 38.5 Å². The number of rotatable bonds is 14. The Balaban J connectivity index is 1.34. The van der Waals surface area contributed by atoms with Crippen molar-refractivity contribution in [2.45, 2.75) is 123 Å². The molecular weight excluding hydrogens is 798 g/mol. The fourth-order valence-corrected chi connectivity index (χ4v) is 9.23. The van der Waals surface area contributed by atoms with Crippen LogP contribution in [0, 0.1) is 34.5 Å². The van der Waals surface area contributed by atoms with E-state index >= 15 is 0 Å². The summed E-state index contributed by atoms with van der Waals surface area (Å²) in [6.45, 7) is 15.3. The standard InChI is InChI=1S/C42H54ClN7O8S/c1-9-24-18-42(24,38(53)54)49-36(51)30-16-26(19-50(30)37(52)35(41(6,7)8)48-40(55)58-25-14-22(4)23(5)15-25)57-32-17-28(29-20-59-39(47-29)45-21(2)3)46-34-27(32)10-11-31(33(34)43)56-13-12-44/h10-11,17,20-26,30,35H,9,13-16,18-19H2,1-8H3,(H,45,47)(H,48,55)(H,49,51)(H,53,54)/t22-,23?,24+,25?,26-,30-,35?,42?/m0/s1. The van der Waals surface area contributed by atoms with Crippen LogP contribution in [0.5, 0.6) is 11.5 Å². The van der Waals surface area contributed by atoms with Crippen molar-refractivity contribution in [2.75, 3.05) is 18.5 Å². The molecule has 1 aromatic carbocycles. The van der Waals surface area contributed by atoms with Crippen molar-refractivity contribution in [3.8, 4) is 29.0 Å². The van der Waals surface area contributed by atoms with Crippen LogP contribution in [0.3, 0.4) is 0 Å². The lowest BCUT2D eigenvalue weighted by Gasteiger charge is -2.35. The Labute approximate surface area is 353 Å². The van der Waals surface area contributed by atoms with Crippen LogP contribution in [0.2, 0.25) is 5.02 Å². The second kappa shape index (κ2) is 17.4. The molecule has 6 rings (SSSR count). The van der Waals surface area contributed by atoms with E-state index in [1.165, 1.54) is 16.2 Å². The summed E-state index contributed by atoms with van der Waals surface area (Å²) in [6.07, 6.45) is 0.530. The molecule has 3 heterocycles. The number of aromatic nitrogens is 2. The summed E-state index contributed by atoms with van der Waals surface area (Å²) >= 11 is 8.26. The van der Waals surface area contributed by atoms with E-state index in [0.717, 1.165) is 12.8 Å². The lowest BCUT2D eigenvalue weighted by Crippen LogP contribution is -2.59. The number of ether oxygens (including phenoxy) is 3. The van der Waals surface area contributed by atoms with E-state index in [0.29, 0.717) is 51.4 Å². The zero-order valence-electron chi connectivity index (χ0n) is 34.8. The first-order valence-electron chi connectivity index (χ1n) is 20.2. The lowest BCUT2D eigenvalue weighted by atomic mass is 9.85. The summed E-state index contributed by atoms with van der Waals surface area (Å²) in [7, 11) is 0. The fourth-order valence-electron chi connectivity index (χ4n) is 8.12. The van der Waals surface area contributed by atoms with Crippen LogP contribution in [0.1, 0.15) is 87.5 Å². The number of likely N-dealkylation sites (tertiary alicyclic amines) is 1. The van der Waals surface area contributed by atoms with Gasteiger partial charge in [0.1, 0.15) is 58.1 Å². The van der Waals surface area contributed by atoms with E-state index in [4.69, 9.17) is 41.0 Å². The molecule has 2 aliphatic carbocycles. The van der Waals surface area contributed by atoms with E-state index < -0.39 is 53.0 Å². The van der Waals surface area contributed by atoms with Gasteiger partial charge in [-0.25, -0.2) is 19.6 Å². The third-order valence-corrected chi connectivity index (χ3v) is 12.8. The van der Waals surface area contributed by atoms with Gasteiger partial charge in [-0.2, -0.15) is 5.26 Å². The van der Waals surface area contributed by atoms with Crippen molar-refractivity contribution in [1.29, 1.82) is 5.26 Å². The number of carboxylic acids is 1. The van der Waals surface area contributed by atoms with Crippen LogP contribution in [-0.2, 0) is 19.1 Å². The number of hydrogen-bond donors (Lipinski definition) is 4. The minimum atomic E-state index is -1.43. The zero-order chi connectivity index (χ0) is 43.0. The molecule has 15 nitrogen and oxygen atoms in total. The average Bonchev–Trinajstić information content (AvgIpc) is 3.41. The van der Waals surface area contributed by atoms with Gasteiger partial charge < -0.3 is 40.2 Å². The van der Waals surface area contributed by atoms with E-state index in [1.54, 1.807) is 18.2 Å². The number of carboxylic acid groups (broad SMARTS) is 1. The molecule has 8 atom stereocenters. The summed E-state index contributed by atoms with van der Waals surface area (Å²) in [5, 5.41) is 31.4. The van der Waals surface area contributed by atoms with Gasteiger partial charge in [-0.05, 0) is 68.4 Å². The molecule has 17 heteroatoms. The molecule has 0 bridgehead atoms. The number of fused-ring (bicyclic) bond motifs is 1. The van der Waals surface area contributed by atoms with Gasteiger partial charge in [-0.3, -0.25) is 9.59 Å². The Morgan fingerprint density at radius 3 is 2.41 bits per heavy atom. The second-order valence-electron chi connectivity index (χ2n) is 17.5. The molecule has 2 saturated carbocycles. The van der Waals surface area contributed by atoms with Crippen LogP contribution in [0.4, 0.5) is 9.93 Å². The molecule has 4 N–H and O–H groups in total. The topological polar surface area (TPSA) is 205 Å². The minimum absolute atomic E-state index is 0.0125. The summed E-state index contributed by atoms with van der Waals surface area (Å²) in [6, 6.07) is 4.89. The molecule has 1 aliphatic heterocycles.